The third kappa shape index (κ3) is 1.78. The van der Waals surface area contributed by atoms with Gasteiger partial charge in [0.25, 0.3) is 0 Å². The summed E-state index contributed by atoms with van der Waals surface area (Å²) in [4.78, 5) is 12.0. The molecule has 4 saturated carbocycles. The molecule has 0 aliphatic heterocycles. The minimum Gasteiger partial charge on any atom is -0.299 e. The molecule has 0 aromatic heterocycles. The van der Waals surface area contributed by atoms with Gasteiger partial charge in [0.1, 0.15) is 5.78 Å². The zero-order chi connectivity index (χ0) is 17.6. The van der Waals surface area contributed by atoms with Crippen LogP contribution in [0.4, 0.5) is 0 Å². The number of hydrogen-bond donors (Lipinski definition) is 0. The molecule has 0 saturated heterocycles. The van der Waals surface area contributed by atoms with Gasteiger partial charge >= 0.3 is 0 Å². The summed E-state index contributed by atoms with van der Waals surface area (Å²) in [7, 11) is 0. The Morgan fingerprint density at radius 3 is 2.84 bits per heavy atom. The van der Waals surface area contributed by atoms with Crippen LogP contribution in [0, 0.1) is 63.6 Å². The number of ketones is 1. The van der Waals surface area contributed by atoms with Crippen molar-refractivity contribution in [2.24, 2.45) is 52.3 Å². The fourth-order valence-electron chi connectivity index (χ4n) is 7.99. The molecular weight excluding hydrogens is 306 g/mol. The fraction of sp³-hybridized carbons (Fsp3) is 0.739. The quantitative estimate of drug-likeness (QED) is 0.638. The van der Waals surface area contributed by atoms with Crippen molar-refractivity contribution >= 4 is 5.78 Å². The summed E-state index contributed by atoms with van der Waals surface area (Å²) in [5.74, 6) is 4.83. The van der Waals surface area contributed by atoms with Crippen LogP contribution < -0.4 is 0 Å². The number of hydrogen-bond acceptors (Lipinski definition) is 2. The average Bonchev–Trinajstić information content (AvgIpc) is 3.36. The van der Waals surface area contributed by atoms with E-state index < -0.39 is 0 Å². The van der Waals surface area contributed by atoms with E-state index in [0.29, 0.717) is 47.7 Å². The van der Waals surface area contributed by atoms with Gasteiger partial charge in [-0.25, -0.2) is 0 Å². The normalized spacial score (nSPS) is 55.8. The van der Waals surface area contributed by atoms with Crippen molar-refractivity contribution in [2.75, 3.05) is 0 Å². The highest BCUT2D eigenvalue weighted by Crippen LogP contribution is 2.79. The van der Waals surface area contributed by atoms with E-state index in [-0.39, 0.29) is 10.8 Å². The van der Waals surface area contributed by atoms with Crippen molar-refractivity contribution in [3.05, 3.63) is 24.3 Å². The lowest BCUT2D eigenvalue weighted by Gasteiger charge is -2.57. The van der Waals surface area contributed by atoms with Crippen molar-refractivity contribution in [2.45, 2.75) is 52.4 Å². The second-order valence-corrected chi connectivity index (χ2v) is 9.96. The van der Waals surface area contributed by atoms with Gasteiger partial charge in [0, 0.05) is 12.8 Å². The molecule has 5 aliphatic carbocycles. The van der Waals surface area contributed by atoms with Gasteiger partial charge in [0.2, 0.25) is 0 Å². The standard InChI is InChI=1S/C23H29NO/c1-4-13-9-14-10-15(25)5-6-16(14)17-7-8-22(2)21(20(13)17)18-11-19(18)23(22,3)12-24/h4,9,13,16-21H,1,5-8,10-11H2,2-3H3/t13-,16+,17-,18-,19+,20-,21+,22+,23+/m1/s1. The number of nitriles is 1. The maximum atomic E-state index is 12.0. The Kier molecular flexibility index (Phi) is 3.09. The van der Waals surface area contributed by atoms with E-state index in [4.69, 9.17) is 0 Å². The van der Waals surface area contributed by atoms with E-state index in [1.807, 2.05) is 0 Å². The Bertz CT molecular complexity index is 729. The molecule has 5 aliphatic rings. The molecule has 0 aromatic carbocycles. The number of allylic oxidation sites excluding steroid dienone is 3. The van der Waals surface area contributed by atoms with Crippen LogP contribution in [0.3, 0.4) is 0 Å². The lowest BCUT2D eigenvalue weighted by atomic mass is 9.46. The van der Waals surface area contributed by atoms with Crippen molar-refractivity contribution in [3.8, 4) is 6.07 Å². The molecule has 0 bridgehead atoms. The minimum atomic E-state index is -0.147. The van der Waals surface area contributed by atoms with E-state index in [1.165, 1.54) is 24.8 Å². The van der Waals surface area contributed by atoms with Crippen LogP contribution in [0.1, 0.15) is 52.4 Å². The fourth-order valence-corrected chi connectivity index (χ4v) is 7.99. The van der Waals surface area contributed by atoms with Crippen LogP contribution in [0.2, 0.25) is 0 Å². The molecule has 0 spiro atoms. The van der Waals surface area contributed by atoms with E-state index in [0.717, 1.165) is 18.8 Å². The maximum Gasteiger partial charge on any atom is 0.136 e. The highest BCUT2D eigenvalue weighted by atomic mass is 16.1. The van der Waals surface area contributed by atoms with E-state index in [9.17, 15) is 10.1 Å². The Labute approximate surface area is 151 Å². The van der Waals surface area contributed by atoms with Gasteiger partial charge in [-0.05, 0) is 79.4 Å². The van der Waals surface area contributed by atoms with Crippen molar-refractivity contribution in [3.63, 3.8) is 0 Å². The maximum absolute atomic E-state index is 12.0. The Morgan fingerprint density at radius 2 is 2.12 bits per heavy atom. The molecule has 4 fully saturated rings. The van der Waals surface area contributed by atoms with Crippen LogP contribution in [-0.4, -0.2) is 5.78 Å². The second-order valence-electron chi connectivity index (χ2n) is 9.96. The molecule has 0 unspecified atom stereocenters. The molecule has 2 heteroatoms. The van der Waals surface area contributed by atoms with Gasteiger partial charge in [-0.1, -0.05) is 24.6 Å². The molecule has 5 rings (SSSR count). The summed E-state index contributed by atoms with van der Waals surface area (Å²) < 4.78 is 0. The molecule has 0 aromatic rings. The first-order chi connectivity index (χ1) is 11.9. The average molecular weight is 335 g/mol. The number of Topliss-reactive ketones (excluding diaryl/α,β-unsaturated/α-hetero) is 1. The minimum absolute atomic E-state index is 0.147. The first-order valence-electron chi connectivity index (χ1n) is 10.2. The van der Waals surface area contributed by atoms with Gasteiger partial charge in [0.15, 0.2) is 0 Å². The lowest BCUT2D eigenvalue weighted by molar-refractivity contribution is -0.121. The second kappa shape index (κ2) is 4.87. The molecule has 0 amide bonds. The van der Waals surface area contributed by atoms with Crippen molar-refractivity contribution < 1.29 is 4.79 Å². The zero-order valence-electron chi connectivity index (χ0n) is 15.5. The number of carbonyl (C=O) groups excluding carboxylic acids is 1. The van der Waals surface area contributed by atoms with Gasteiger partial charge in [-0.3, -0.25) is 4.79 Å². The Morgan fingerprint density at radius 1 is 1.32 bits per heavy atom. The van der Waals surface area contributed by atoms with Crippen LogP contribution in [0.25, 0.3) is 0 Å². The Hall–Kier alpha value is -1.36. The van der Waals surface area contributed by atoms with Gasteiger partial charge in [-0.2, -0.15) is 5.26 Å². The number of carbonyl (C=O) groups is 1. The first-order valence-corrected chi connectivity index (χ1v) is 10.2. The SMILES string of the molecule is C=C[C@@H]1C=C2CC(=O)CC[C@@H]2[C@H]2CC[C@@]3(C)[C@@H]([C@@H]4C[C@@H]4[C@]3(C)C#N)[C@H]12. The predicted molar refractivity (Wildman–Crippen MR) is 97.2 cm³/mol. The number of fused-ring (bicyclic) bond motifs is 7. The summed E-state index contributed by atoms with van der Waals surface area (Å²) in [5.41, 5.74) is 1.43. The molecule has 2 nitrogen and oxygen atoms in total. The van der Waals surface area contributed by atoms with Crippen molar-refractivity contribution in [1.29, 1.82) is 5.26 Å². The first kappa shape index (κ1) is 15.9. The smallest absolute Gasteiger partial charge is 0.136 e. The van der Waals surface area contributed by atoms with Gasteiger partial charge < -0.3 is 0 Å². The number of nitrogens with zero attached hydrogens (tertiary/aromatic N) is 1. The highest BCUT2D eigenvalue weighted by Gasteiger charge is 2.75. The predicted octanol–water partition coefficient (Wildman–Crippen LogP) is 4.93. The summed E-state index contributed by atoms with van der Waals surface area (Å²) in [5, 5.41) is 10.0. The Balaban J connectivity index is 1.59. The van der Waals surface area contributed by atoms with Crippen molar-refractivity contribution in [1.82, 2.24) is 0 Å². The van der Waals surface area contributed by atoms with Crippen LogP contribution >= 0.6 is 0 Å². The lowest BCUT2D eigenvalue weighted by Crippen LogP contribution is -2.52. The summed E-state index contributed by atoms with van der Waals surface area (Å²) in [6.07, 6.45) is 10.8. The van der Waals surface area contributed by atoms with Gasteiger partial charge in [0.05, 0.1) is 11.5 Å². The number of rotatable bonds is 1. The molecule has 9 atom stereocenters. The summed E-state index contributed by atoms with van der Waals surface area (Å²) >= 11 is 0. The summed E-state index contributed by atoms with van der Waals surface area (Å²) in [6.45, 7) is 8.85. The molecule has 0 heterocycles. The molecule has 132 valence electrons. The summed E-state index contributed by atoms with van der Waals surface area (Å²) in [6, 6.07) is 2.78. The van der Waals surface area contributed by atoms with E-state index >= 15 is 0 Å². The zero-order valence-corrected chi connectivity index (χ0v) is 15.5. The topological polar surface area (TPSA) is 40.9 Å². The van der Waals surface area contributed by atoms with Crippen LogP contribution in [0.15, 0.2) is 24.3 Å². The van der Waals surface area contributed by atoms with Crippen LogP contribution in [0.5, 0.6) is 0 Å². The molecule has 0 radical (unpaired) electrons. The van der Waals surface area contributed by atoms with Crippen LogP contribution in [-0.2, 0) is 4.79 Å². The highest BCUT2D eigenvalue weighted by molar-refractivity contribution is 5.82. The third-order valence-electron chi connectivity index (χ3n) is 9.35. The molecule has 0 N–H and O–H groups in total. The third-order valence-corrected chi connectivity index (χ3v) is 9.35. The molecule has 25 heavy (non-hydrogen) atoms. The van der Waals surface area contributed by atoms with E-state index in [1.54, 1.807) is 0 Å². The largest absolute Gasteiger partial charge is 0.299 e. The molecular formula is C23H29NO. The van der Waals surface area contributed by atoms with Gasteiger partial charge in [-0.15, -0.1) is 6.58 Å². The monoisotopic (exact) mass is 335 g/mol. The van der Waals surface area contributed by atoms with E-state index in [2.05, 4.69) is 38.6 Å².